The number of nitrogens with two attached hydrogens (primary N) is 1. The van der Waals surface area contributed by atoms with Crippen LogP contribution >= 0.6 is 0 Å². The van der Waals surface area contributed by atoms with E-state index in [0.29, 0.717) is 0 Å². The van der Waals surface area contributed by atoms with Gasteiger partial charge in [-0.1, -0.05) is 19.0 Å². The third kappa shape index (κ3) is 3.44. The van der Waals surface area contributed by atoms with Crippen molar-refractivity contribution in [2.75, 3.05) is 0 Å². The molecule has 0 aliphatic heterocycles. The van der Waals surface area contributed by atoms with Gasteiger partial charge in [0.05, 0.1) is 0 Å². The summed E-state index contributed by atoms with van der Waals surface area (Å²) in [5.41, 5.74) is 5.34. The number of amidine groups is 1. The fourth-order valence-corrected chi connectivity index (χ4v) is 1.71. The maximum Gasteiger partial charge on any atom is 0.147 e. The lowest BCUT2D eigenvalue weighted by Crippen LogP contribution is -2.32. The molecule has 1 heterocycles. The van der Waals surface area contributed by atoms with Gasteiger partial charge in [-0.05, 0) is 26.7 Å². The summed E-state index contributed by atoms with van der Waals surface area (Å²) in [5.74, 6) is 1.98. The van der Waals surface area contributed by atoms with E-state index in [4.69, 9.17) is 10.9 Å². The Kier molecular flexibility index (Phi) is 4.09. The molecule has 0 aliphatic carbocycles. The fourth-order valence-electron chi connectivity index (χ4n) is 1.71. The van der Waals surface area contributed by atoms with Gasteiger partial charge in [0, 0.05) is 12.0 Å². The monoisotopic (exact) mass is 239 g/mol. The van der Waals surface area contributed by atoms with Gasteiger partial charge in [0.2, 0.25) is 0 Å². The van der Waals surface area contributed by atoms with Gasteiger partial charge in [-0.15, -0.1) is 0 Å². The second-order valence-corrected chi connectivity index (χ2v) is 4.90. The van der Waals surface area contributed by atoms with E-state index in [1.807, 2.05) is 32.4 Å². The van der Waals surface area contributed by atoms with E-state index < -0.39 is 0 Å². The molecular formula is C11H21N5O. The normalized spacial score (nSPS) is 13.1. The molecule has 0 aliphatic rings. The molecule has 1 rings (SSSR count). The van der Waals surface area contributed by atoms with Crippen LogP contribution in [0.15, 0.2) is 5.16 Å². The van der Waals surface area contributed by atoms with E-state index in [-0.39, 0.29) is 11.3 Å². The second-order valence-electron chi connectivity index (χ2n) is 4.90. The van der Waals surface area contributed by atoms with Gasteiger partial charge in [-0.2, -0.15) is 5.10 Å². The summed E-state index contributed by atoms with van der Waals surface area (Å²) in [6.45, 7) is 8.54. The average molecular weight is 239 g/mol. The summed E-state index contributed by atoms with van der Waals surface area (Å²) in [6.07, 6.45) is 1.74. The number of rotatable bonds is 5. The van der Waals surface area contributed by atoms with Gasteiger partial charge < -0.3 is 10.9 Å². The van der Waals surface area contributed by atoms with Crippen molar-refractivity contribution in [3.63, 3.8) is 0 Å². The molecule has 0 spiro atoms. The van der Waals surface area contributed by atoms with E-state index in [1.165, 1.54) is 0 Å². The molecule has 0 radical (unpaired) electrons. The van der Waals surface area contributed by atoms with Gasteiger partial charge in [-0.25, -0.2) is 4.98 Å². The van der Waals surface area contributed by atoms with Crippen molar-refractivity contribution < 1.29 is 5.21 Å². The molecule has 0 fully saturated rings. The Hall–Kier alpha value is -1.59. The molecule has 0 unspecified atom stereocenters. The molecule has 6 heteroatoms. The third-order valence-corrected chi connectivity index (χ3v) is 2.94. The lowest BCUT2D eigenvalue weighted by molar-refractivity contribution is 0.303. The highest BCUT2D eigenvalue weighted by Gasteiger charge is 2.23. The number of aromatic nitrogens is 3. The van der Waals surface area contributed by atoms with E-state index in [1.54, 1.807) is 0 Å². The first-order valence-corrected chi connectivity index (χ1v) is 5.73. The lowest BCUT2D eigenvalue weighted by Gasteiger charge is -2.22. The maximum atomic E-state index is 8.67. The molecule has 3 N–H and O–H groups in total. The van der Waals surface area contributed by atoms with Crippen LogP contribution in [-0.4, -0.2) is 25.8 Å². The van der Waals surface area contributed by atoms with Crippen LogP contribution in [-0.2, 0) is 6.54 Å². The number of nitrogens with zero attached hydrogens (tertiary/aromatic N) is 4. The molecule has 0 aromatic carbocycles. The summed E-state index contributed by atoms with van der Waals surface area (Å²) < 4.78 is 1.89. The molecule has 1 aromatic rings. The molecule has 1 aromatic heterocycles. The Bertz CT molecular complexity index is 408. The zero-order chi connectivity index (χ0) is 13.1. The van der Waals surface area contributed by atoms with E-state index in [0.717, 1.165) is 31.0 Å². The highest BCUT2D eigenvalue weighted by Crippen LogP contribution is 2.22. The molecule has 96 valence electrons. The van der Waals surface area contributed by atoms with Gasteiger partial charge in [0.15, 0.2) is 0 Å². The molecule has 0 amide bonds. The van der Waals surface area contributed by atoms with E-state index >= 15 is 0 Å². The van der Waals surface area contributed by atoms with Crippen LogP contribution in [0.2, 0.25) is 0 Å². The van der Waals surface area contributed by atoms with Crippen LogP contribution in [0.3, 0.4) is 0 Å². The quantitative estimate of drug-likeness (QED) is 0.352. The Morgan fingerprint density at radius 1 is 1.47 bits per heavy atom. The minimum absolute atomic E-state index is 0.268. The zero-order valence-electron chi connectivity index (χ0n) is 10.9. The van der Waals surface area contributed by atoms with Crippen molar-refractivity contribution in [3.05, 3.63) is 11.6 Å². The van der Waals surface area contributed by atoms with E-state index in [2.05, 4.69) is 15.2 Å². The van der Waals surface area contributed by atoms with Crippen molar-refractivity contribution >= 4 is 5.84 Å². The zero-order valence-corrected chi connectivity index (χ0v) is 10.9. The third-order valence-electron chi connectivity index (χ3n) is 2.94. The predicted octanol–water partition coefficient (Wildman–Crippen LogP) is 1.45. The van der Waals surface area contributed by atoms with Gasteiger partial charge >= 0.3 is 0 Å². The first-order valence-electron chi connectivity index (χ1n) is 5.73. The maximum absolute atomic E-state index is 8.67. The molecule has 0 saturated carbocycles. The van der Waals surface area contributed by atoms with Gasteiger partial charge in [0.25, 0.3) is 0 Å². The number of hydrogen-bond donors (Lipinski definition) is 2. The minimum atomic E-state index is -0.293. The summed E-state index contributed by atoms with van der Waals surface area (Å²) in [5, 5.41) is 16.0. The smallest absolute Gasteiger partial charge is 0.147 e. The van der Waals surface area contributed by atoms with Gasteiger partial charge in [-0.3, -0.25) is 4.68 Å². The van der Waals surface area contributed by atoms with Crippen molar-refractivity contribution in [3.8, 4) is 0 Å². The van der Waals surface area contributed by atoms with Crippen LogP contribution in [0.1, 0.15) is 38.3 Å². The number of oxime groups is 1. The standard InChI is InChI=1S/C11H21N5O/c1-8-13-9(2)16(14-8)7-5-6-11(3,4)10(12)15-17/h17H,5-7H2,1-4H3,(H2,12,15). The van der Waals surface area contributed by atoms with Crippen LogP contribution in [0.25, 0.3) is 0 Å². The highest BCUT2D eigenvalue weighted by atomic mass is 16.4. The fraction of sp³-hybridized carbons (Fsp3) is 0.727. The summed E-state index contributed by atoms with van der Waals surface area (Å²) in [4.78, 5) is 4.24. The van der Waals surface area contributed by atoms with E-state index in [9.17, 15) is 0 Å². The van der Waals surface area contributed by atoms with Crippen LogP contribution in [0.4, 0.5) is 0 Å². The van der Waals surface area contributed by atoms with Crippen molar-refractivity contribution in [1.82, 2.24) is 14.8 Å². The number of aryl methyl sites for hydroxylation is 3. The molecule has 0 saturated heterocycles. The lowest BCUT2D eigenvalue weighted by atomic mass is 9.86. The summed E-state index contributed by atoms with van der Waals surface area (Å²) in [6, 6.07) is 0. The molecular weight excluding hydrogens is 218 g/mol. The molecule has 17 heavy (non-hydrogen) atoms. The summed E-state index contributed by atoms with van der Waals surface area (Å²) >= 11 is 0. The first kappa shape index (κ1) is 13.5. The van der Waals surface area contributed by atoms with Crippen LogP contribution in [0.5, 0.6) is 0 Å². The average Bonchev–Trinajstić information content (AvgIpc) is 2.56. The van der Waals surface area contributed by atoms with Gasteiger partial charge in [0.1, 0.15) is 17.5 Å². The predicted molar refractivity (Wildman–Crippen MR) is 65.9 cm³/mol. The highest BCUT2D eigenvalue weighted by molar-refractivity contribution is 5.85. The second kappa shape index (κ2) is 5.16. The number of hydrogen-bond acceptors (Lipinski definition) is 4. The largest absolute Gasteiger partial charge is 0.409 e. The van der Waals surface area contributed by atoms with Crippen molar-refractivity contribution in [2.24, 2.45) is 16.3 Å². The Labute approximate surface area is 102 Å². The molecule has 6 nitrogen and oxygen atoms in total. The molecule has 0 bridgehead atoms. The first-order chi connectivity index (χ1) is 7.86. The van der Waals surface area contributed by atoms with Crippen LogP contribution < -0.4 is 5.73 Å². The van der Waals surface area contributed by atoms with Crippen LogP contribution in [0, 0.1) is 19.3 Å². The summed E-state index contributed by atoms with van der Waals surface area (Å²) in [7, 11) is 0. The minimum Gasteiger partial charge on any atom is -0.409 e. The Morgan fingerprint density at radius 2 is 2.12 bits per heavy atom. The Morgan fingerprint density at radius 3 is 2.59 bits per heavy atom. The topological polar surface area (TPSA) is 89.3 Å². The SMILES string of the molecule is Cc1nc(C)n(CCCC(C)(C)C(N)=NO)n1. The van der Waals surface area contributed by atoms with Crippen molar-refractivity contribution in [1.29, 1.82) is 0 Å². The molecule has 0 atom stereocenters. The van der Waals surface area contributed by atoms with Crippen molar-refractivity contribution in [2.45, 2.75) is 47.1 Å². The Balaban J connectivity index is 2.51.